The van der Waals surface area contributed by atoms with Gasteiger partial charge in [-0.1, -0.05) is 11.8 Å². The smallest absolute Gasteiger partial charge is 0.189 e. The van der Waals surface area contributed by atoms with Gasteiger partial charge < -0.3 is 10.1 Å². The Hall–Kier alpha value is -2.05. The number of benzene rings is 1. The fraction of sp³-hybridized carbons (Fsp3) is 0.154. The lowest BCUT2D eigenvalue weighted by atomic mass is 10.1. The minimum atomic E-state index is -0.178. The third-order valence-electron chi connectivity index (χ3n) is 2.28. The molecule has 0 saturated heterocycles. The van der Waals surface area contributed by atoms with Gasteiger partial charge in [-0.05, 0) is 25.1 Å². The van der Waals surface area contributed by atoms with E-state index in [1.807, 2.05) is 19.1 Å². The predicted octanol–water partition coefficient (Wildman–Crippen LogP) is 1.18. The van der Waals surface area contributed by atoms with Crippen molar-refractivity contribution < 1.29 is 5.11 Å². The molecule has 1 aromatic carbocycles. The van der Waals surface area contributed by atoms with Crippen LogP contribution >= 0.6 is 0 Å². The first-order chi connectivity index (χ1) is 7.70. The van der Waals surface area contributed by atoms with E-state index in [-0.39, 0.29) is 12.0 Å². The zero-order valence-corrected chi connectivity index (χ0v) is 8.87. The SMILES string of the molecule is Cc1cc(=O)c2cc(C#CCO)ccc2[nH]1. The van der Waals surface area contributed by atoms with Crippen LogP contribution in [0.5, 0.6) is 0 Å². The van der Waals surface area contributed by atoms with Crippen molar-refractivity contribution in [1.29, 1.82) is 0 Å². The number of pyridine rings is 1. The summed E-state index contributed by atoms with van der Waals surface area (Å²) in [4.78, 5) is 14.8. The van der Waals surface area contributed by atoms with Crippen molar-refractivity contribution in [2.24, 2.45) is 0 Å². The van der Waals surface area contributed by atoms with E-state index in [0.29, 0.717) is 5.39 Å². The lowest BCUT2D eigenvalue weighted by Gasteiger charge is -2.00. The van der Waals surface area contributed by atoms with Gasteiger partial charge in [0.05, 0.1) is 0 Å². The molecule has 80 valence electrons. The van der Waals surface area contributed by atoms with Crippen molar-refractivity contribution >= 4 is 10.9 Å². The largest absolute Gasteiger partial charge is 0.384 e. The number of nitrogens with one attached hydrogen (secondary N) is 1. The number of aliphatic hydroxyl groups is 1. The van der Waals surface area contributed by atoms with Crippen LogP contribution in [0, 0.1) is 18.8 Å². The van der Waals surface area contributed by atoms with Gasteiger partial charge in [0.1, 0.15) is 6.61 Å². The molecule has 2 aromatic rings. The summed E-state index contributed by atoms with van der Waals surface area (Å²) in [6.07, 6.45) is 0. The van der Waals surface area contributed by atoms with Crippen molar-refractivity contribution in [2.75, 3.05) is 6.61 Å². The maximum absolute atomic E-state index is 11.7. The number of hydrogen-bond donors (Lipinski definition) is 2. The van der Waals surface area contributed by atoms with Gasteiger partial charge in [-0.25, -0.2) is 0 Å². The Morgan fingerprint density at radius 3 is 2.94 bits per heavy atom. The summed E-state index contributed by atoms with van der Waals surface area (Å²) in [6.45, 7) is 1.67. The van der Waals surface area contributed by atoms with E-state index in [1.54, 1.807) is 12.1 Å². The van der Waals surface area contributed by atoms with E-state index in [0.717, 1.165) is 16.8 Å². The lowest BCUT2D eigenvalue weighted by molar-refractivity contribution is 0.350. The van der Waals surface area contributed by atoms with Crippen molar-refractivity contribution in [3.05, 3.63) is 45.7 Å². The molecule has 0 bridgehead atoms. The molecular formula is C13H11NO2. The van der Waals surface area contributed by atoms with Crippen LogP contribution in [-0.4, -0.2) is 16.7 Å². The van der Waals surface area contributed by atoms with Crippen LogP contribution in [0.25, 0.3) is 10.9 Å². The normalized spacial score (nSPS) is 9.88. The van der Waals surface area contributed by atoms with Gasteiger partial charge in [0.15, 0.2) is 5.43 Å². The van der Waals surface area contributed by atoms with Gasteiger partial charge in [0.25, 0.3) is 0 Å². The Morgan fingerprint density at radius 1 is 1.38 bits per heavy atom. The topological polar surface area (TPSA) is 53.1 Å². The van der Waals surface area contributed by atoms with Gasteiger partial charge >= 0.3 is 0 Å². The first-order valence-electron chi connectivity index (χ1n) is 4.94. The maximum atomic E-state index is 11.7. The van der Waals surface area contributed by atoms with E-state index in [1.165, 1.54) is 0 Å². The molecule has 1 aromatic heterocycles. The second-order valence-corrected chi connectivity index (χ2v) is 3.54. The Labute approximate surface area is 92.7 Å². The predicted molar refractivity (Wildman–Crippen MR) is 63.3 cm³/mol. The maximum Gasteiger partial charge on any atom is 0.189 e. The first-order valence-corrected chi connectivity index (χ1v) is 4.94. The van der Waals surface area contributed by atoms with E-state index in [9.17, 15) is 4.79 Å². The lowest BCUT2D eigenvalue weighted by Crippen LogP contribution is -2.02. The van der Waals surface area contributed by atoms with Crippen LogP contribution in [0.3, 0.4) is 0 Å². The van der Waals surface area contributed by atoms with Crippen molar-refractivity contribution in [3.8, 4) is 11.8 Å². The third kappa shape index (κ3) is 1.97. The Bertz CT molecular complexity index is 644. The Kier molecular flexibility index (Phi) is 2.76. The van der Waals surface area contributed by atoms with Crippen molar-refractivity contribution in [1.82, 2.24) is 4.98 Å². The quantitative estimate of drug-likeness (QED) is 0.646. The monoisotopic (exact) mass is 213 g/mol. The zero-order valence-electron chi connectivity index (χ0n) is 8.87. The highest BCUT2D eigenvalue weighted by molar-refractivity contribution is 5.80. The molecule has 0 aliphatic rings. The van der Waals surface area contributed by atoms with E-state index >= 15 is 0 Å². The number of aryl methyl sites for hydroxylation is 1. The molecule has 0 saturated carbocycles. The molecule has 2 N–H and O–H groups in total. The second kappa shape index (κ2) is 4.21. The summed E-state index contributed by atoms with van der Waals surface area (Å²) in [5, 5.41) is 9.21. The van der Waals surface area contributed by atoms with E-state index in [4.69, 9.17) is 5.11 Å². The number of aromatic amines is 1. The average Bonchev–Trinajstić information content (AvgIpc) is 2.26. The van der Waals surface area contributed by atoms with Crippen LogP contribution in [0.15, 0.2) is 29.1 Å². The highest BCUT2D eigenvalue weighted by atomic mass is 16.2. The van der Waals surface area contributed by atoms with Crippen LogP contribution in [0.1, 0.15) is 11.3 Å². The average molecular weight is 213 g/mol. The molecule has 0 spiro atoms. The highest BCUT2D eigenvalue weighted by Gasteiger charge is 2.00. The van der Waals surface area contributed by atoms with Gasteiger partial charge in [-0.2, -0.15) is 0 Å². The number of rotatable bonds is 0. The highest BCUT2D eigenvalue weighted by Crippen LogP contribution is 2.10. The molecule has 0 fully saturated rings. The molecule has 0 radical (unpaired) electrons. The molecule has 0 atom stereocenters. The van der Waals surface area contributed by atoms with E-state index in [2.05, 4.69) is 16.8 Å². The van der Waals surface area contributed by atoms with Crippen LogP contribution in [0.2, 0.25) is 0 Å². The fourth-order valence-electron chi connectivity index (χ4n) is 1.60. The van der Waals surface area contributed by atoms with Crippen LogP contribution in [-0.2, 0) is 0 Å². The van der Waals surface area contributed by atoms with Crippen LogP contribution < -0.4 is 5.43 Å². The summed E-state index contributed by atoms with van der Waals surface area (Å²) in [7, 11) is 0. The van der Waals surface area contributed by atoms with Gasteiger partial charge in [-0.15, -0.1) is 0 Å². The number of aliphatic hydroxyl groups excluding tert-OH is 1. The number of H-pyrrole nitrogens is 1. The Balaban J connectivity index is 2.67. The molecule has 0 unspecified atom stereocenters. The summed E-state index contributed by atoms with van der Waals surface area (Å²) in [6, 6.07) is 6.94. The van der Waals surface area contributed by atoms with Gasteiger partial charge in [0.2, 0.25) is 0 Å². The number of aromatic nitrogens is 1. The summed E-state index contributed by atoms with van der Waals surface area (Å²) in [5.74, 6) is 5.33. The number of fused-ring (bicyclic) bond motifs is 1. The minimum absolute atomic E-state index is 0.0149. The fourth-order valence-corrected chi connectivity index (χ4v) is 1.60. The molecule has 0 aliphatic heterocycles. The second-order valence-electron chi connectivity index (χ2n) is 3.54. The molecule has 0 aliphatic carbocycles. The molecule has 3 heteroatoms. The van der Waals surface area contributed by atoms with E-state index < -0.39 is 0 Å². The molecule has 3 nitrogen and oxygen atoms in total. The summed E-state index contributed by atoms with van der Waals surface area (Å²) < 4.78 is 0. The molecule has 16 heavy (non-hydrogen) atoms. The van der Waals surface area contributed by atoms with Crippen LogP contribution in [0.4, 0.5) is 0 Å². The Morgan fingerprint density at radius 2 is 2.19 bits per heavy atom. The van der Waals surface area contributed by atoms with Gasteiger partial charge in [0, 0.05) is 28.2 Å². The molecule has 0 amide bonds. The molecule has 2 rings (SSSR count). The molecular weight excluding hydrogens is 202 g/mol. The third-order valence-corrected chi connectivity index (χ3v) is 2.28. The zero-order chi connectivity index (χ0) is 11.5. The van der Waals surface area contributed by atoms with Crippen molar-refractivity contribution in [2.45, 2.75) is 6.92 Å². The standard InChI is InChI=1S/C13H11NO2/c1-9-7-13(16)11-8-10(3-2-6-15)4-5-12(11)14-9/h4-5,7-8,15H,6H2,1H3,(H,14,16). The summed E-state index contributed by atoms with van der Waals surface area (Å²) in [5.41, 5.74) is 2.36. The first kappa shape index (κ1) is 10.5. The van der Waals surface area contributed by atoms with Gasteiger partial charge in [-0.3, -0.25) is 4.79 Å². The minimum Gasteiger partial charge on any atom is -0.384 e. The van der Waals surface area contributed by atoms with Crippen molar-refractivity contribution in [3.63, 3.8) is 0 Å². The molecule has 1 heterocycles. The number of hydrogen-bond acceptors (Lipinski definition) is 2. The summed E-state index contributed by atoms with van der Waals surface area (Å²) >= 11 is 0.